The molecule has 0 radical (unpaired) electrons. The summed E-state index contributed by atoms with van der Waals surface area (Å²) in [6, 6.07) is 0. The Bertz CT molecular complexity index is 118. The molecule has 0 aliphatic heterocycles. The molecule has 0 aliphatic carbocycles. The lowest BCUT2D eigenvalue weighted by Gasteiger charge is -2.10. The summed E-state index contributed by atoms with van der Waals surface area (Å²) in [4.78, 5) is 0. The molecular formula is C8H14O2. The second-order valence-electron chi connectivity index (χ2n) is 2.11. The minimum Gasteiger partial charge on any atom is -0.352 e. The molecule has 0 rings (SSSR count). The summed E-state index contributed by atoms with van der Waals surface area (Å²) in [7, 11) is 1.57. The van der Waals surface area contributed by atoms with E-state index < -0.39 is 0 Å². The van der Waals surface area contributed by atoms with E-state index in [4.69, 9.17) is 9.47 Å². The van der Waals surface area contributed by atoms with Gasteiger partial charge in [0.15, 0.2) is 6.29 Å². The van der Waals surface area contributed by atoms with Crippen LogP contribution in [-0.2, 0) is 9.47 Å². The highest BCUT2D eigenvalue weighted by molar-refractivity contribution is 4.88. The number of rotatable bonds is 5. The van der Waals surface area contributed by atoms with Crippen molar-refractivity contribution in [3.63, 3.8) is 0 Å². The third-order valence-electron chi connectivity index (χ3n) is 0.919. The van der Waals surface area contributed by atoms with Gasteiger partial charge >= 0.3 is 0 Å². The lowest BCUT2D eigenvalue weighted by molar-refractivity contribution is -0.0823. The van der Waals surface area contributed by atoms with Gasteiger partial charge in [0, 0.05) is 7.11 Å². The first-order chi connectivity index (χ1) is 4.70. The molecule has 0 aromatic rings. The Morgan fingerprint density at radius 1 is 1.70 bits per heavy atom. The normalized spacial score (nSPS) is 12.6. The van der Waals surface area contributed by atoms with Gasteiger partial charge in [0.05, 0.1) is 6.61 Å². The predicted octanol–water partition coefficient (Wildman–Crippen LogP) is 1.74. The van der Waals surface area contributed by atoms with Crippen LogP contribution in [0.2, 0.25) is 0 Å². The standard InChI is InChI=1S/C8H14O2/c1-5-8(9-4)10-6-7(2)3/h5,8H,1-2,6H2,3-4H3. The van der Waals surface area contributed by atoms with Crippen molar-refractivity contribution in [1.29, 1.82) is 0 Å². The van der Waals surface area contributed by atoms with Gasteiger partial charge in [-0.15, -0.1) is 0 Å². The summed E-state index contributed by atoms with van der Waals surface area (Å²) in [5.74, 6) is 0. The summed E-state index contributed by atoms with van der Waals surface area (Å²) >= 11 is 0. The largest absolute Gasteiger partial charge is 0.352 e. The molecule has 1 unspecified atom stereocenters. The molecule has 0 bridgehead atoms. The van der Waals surface area contributed by atoms with Crippen molar-refractivity contribution in [1.82, 2.24) is 0 Å². The first-order valence-electron chi connectivity index (χ1n) is 3.12. The van der Waals surface area contributed by atoms with Gasteiger partial charge in [0.25, 0.3) is 0 Å². The van der Waals surface area contributed by atoms with E-state index in [1.165, 1.54) is 0 Å². The van der Waals surface area contributed by atoms with Crippen LogP contribution in [0.4, 0.5) is 0 Å². The fourth-order valence-electron chi connectivity index (χ4n) is 0.457. The van der Waals surface area contributed by atoms with Crippen molar-refractivity contribution in [3.8, 4) is 0 Å². The Kier molecular flexibility index (Phi) is 4.89. The van der Waals surface area contributed by atoms with Crippen LogP contribution in [0.1, 0.15) is 6.92 Å². The van der Waals surface area contributed by atoms with Crippen LogP contribution >= 0.6 is 0 Å². The molecule has 0 aliphatic rings. The van der Waals surface area contributed by atoms with Crippen LogP contribution in [0.15, 0.2) is 24.8 Å². The molecule has 0 fully saturated rings. The molecule has 58 valence electrons. The predicted molar refractivity (Wildman–Crippen MR) is 41.8 cm³/mol. The SMILES string of the molecule is C=CC(OC)OCC(=C)C. The van der Waals surface area contributed by atoms with Gasteiger partial charge in [0.2, 0.25) is 0 Å². The average Bonchev–Trinajstić information content (AvgIpc) is 1.90. The molecule has 0 spiro atoms. The minimum absolute atomic E-state index is 0.309. The third-order valence-corrected chi connectivity index (χ3v) is 0.919. The van der Waals surface area contributed by atoms with Crippen molar-refractivity contribution in [2.45, 2.75) is 13.2 Å². The van der Waals surface area contributed by atoms with Gasteiger partial charge in [-0.25, -0.2) is 0 Å². The van der Waals surface area contributed by atoms with E-state index >= 15 is 0 Å². The van der Waals surface area contributed by atoms with Crippen LogP contribution in [-0.4, -0.2) is 20.0 Å². The Balaban J connectivity index is 3.44. The van der Waals surface area contributed by atoms with Crippen molar-refractivity contribution in [2.24, 2.45) is 0 Å². The van der Waals surface area contributed by atoms with Gasteiger partial charge < -0.3 is 9.47 Å². The highest BCUT2D eigenvalue weighted by Crippen LogP contribution is 1.96. The maximum absolute atomic E-state index is 5.16. The van der Waals surface area contributed by atoms with Gasteiger partial charge in [0.1, 0.15) is 0 Å². The van der Waals surface area contributed by atoms with Gasteiger partial charge in [-0.2, -0.15) is 0 Å². The molecular weight excluding hydrogens is 128 g/mol. The summed E-state index contributed by atoms with van der Waals surface area (Å²) in [6.45, 7) is 9.63. The molecule has 1 atom stereocenters. The Hall–Kier alpha value is -0.600. The number of hydrogen-bond acceptors (Lipinski definition) is 2. The highest BCUT2D eigenvalue weighted by Gasteiger charge is 1.98. The summed E-state index contributed by atoms with van der Waals surface area (Å²) < 4.78 is 10.0. The van der Waals surface area contributed by atoms with Crippen LogP contribution in [0.3, 0.4) is 0 Å². The van der Waals surface area contributed by atoms with Crippen molar-refractivity contribution < 1.29 is 9.47 Å². The molecule has 0 N–H and O–H groups in total. The summed E-state index contributed by atoms with van der Waals surface area (Å²) in [6.07, 6.45) is 1.29. The molecule has 10 heavy (non-hydrogen) atoms. The quantitative estimate of drug-likeness (QED) is 0.430. The molecule has 2 heteroatoms. The van der Waals surface area contributed by atoms with Crippen LogP contribution in [0.25, 0.3) is 0 Å². The zero-order valence-electron chi connectivity index (χ0n) is 6.59. The zero-order chi connectivity index (χ0) is 7.98. The van der Waals surface area contributed by atoms with E-state index in [2.05, 4.69) is 13.2 Å². The molecule has 2 nitrogen and oxygen atoms in total. The molecule has 0 aromatic carbocycles. The van der Waals surface area contributed by atoms with E-state index in [1.807, 2.05) is 6.92 Å². The molecule has 0 heterocycles. The Labute approximate surface area is 62.1 Å². The maximum Gasteiger partial charge on any atom is 0.176 e. The van der Waals surface area contributed by atoms with Gasteiger partial charge in [-0.05, 0) is 13.0 Å². The van der Waals surface area contributed by atoms with Crippen LogP contribution in [0, 0.1) is 0 Å². The van der Waals surface area contributed by atoms with E-state index in [0.29, 0.717) is 6.61 Å². The zero-order valence-corrected chi connectivity index (χ0v) is 6.59. The molecule has 0 aromatic heterocycles. The average molecular weight is 142 g/mol. The molecule has 0 saturated heterocycles. The summed E-state index contributed by atoms with van der Waals surface area (Å²) in [5.41, 5.74) is 0.976. The third kappa shape index (κ3) is 4.30. The van der Waals surface area contributed by atoms with E-state index in [1.54, 1.807) is 13.2 Å². The molecule has 0 saturated carbocycles. The second kappa shape index (κ2) is 5.21. The van der Waals surface area contributed by atoms with Gasteiger partial charge in [-0.1, -0.05) is 18.7 Å². The lowest BCUT2D eigenvalue weighted by atomic mass is 10.4. The maximum atomic E-state index is 5.16. The minimum atomic E-state index is -0.309. The lowest BCUT2D eigenvalue weighted by Crippen LogP contribution is -2.12. The van der Waals surface area contributed by atoms with Crippen LogP contribution in [0.5, 0.6) is 0 Å². The Morgan fingerprint density at radius 3 is 2.60 bits per heavy atom. The van der Waals surface area contributed by atoms with E-state index in [-0.39, 0.29) is 6.29 Å². The number of ether oxygens (including phenoxy) is 2. The Morgan fingerprint density at radius 2 is 2.30 bits per heavy atom. The fraction of sp³-hybridized carbons (Fsp3) is 0.500. The smallest absolute Gasteiger partial charge is 0.176 e. The summed E-state index contributed by atoms with van der Waals surface area (Å²) in [5, 5.41) is 0. The fourth-order valence-corrected chi connectivity index (χ4v) is 0.457. The number of hydrogen-bond donors (Lipinski definition) is 0. The van der Waals surface area contributed by atoms with Gasteiger partial charge in [-0.3, -0.25) is 0 Å². The topological polar surface area (TPSA) is 18.5 Å². The van der Waals surface area contributed by atoms with Crippen molar-refractivity contribution >= 4 is 0 Å². The first-order valence-corrected chi connectivity index (χ1v) is 3.12. The first kappa shape index (κ1) is 9.40. The monoisotopic (exact) mass is 142 g/mol. The van der Waals surface area contributed by atoms with E-state index in [0.717, 1.165) is 5.57 Å². The number of methoxy groups -OCH3 is 1. The highest BCUT2D eigenvalue weighted by atomic mass is 16.7. The molecule has 0 amide bonds. The van der Waals surface area contributed by atoms with E-state index in [9.17, 15) is 0 Å². The van der Waals surface area contributed by atoms with Crippen molar-refractivity contribution in [2.75, 3.05) is 13.7 Å². The second-order valence-corrected chi connectivity index (χ2v) is 2.11. The van der Waals surface area contributed by atoms with Crippen molar-refractivity contribution in [3.05, 3.63) is 24.8 Å². The van der Waals surface area contributed by atoms with Crippen LogP contribution < -0.4 is 0 Å².